The van der Waals surface area contributed by atoms with E-state index in [9.17, 15) is 9.59 Å². The molecular formula is C29H28ClN3O3. The first kappa shape index (κ1) is 25.2. The minimum atomic E-state index is -0.423. The van der Waals surface area contributed by atoms with Crippen LogP contribution in [-0.4, -0.2) is 21.7 Å². The SMILES string of the molecule is CC(=O)Oc1c(-c2ccc(NC(=O)c3ccc(Cl)cc3)cc2)c(CC(C)C)nn1-c1cccc(C)c1. The molecule has 1 heterocycles. The van der Waals surface area contributed by atoms with Gasteiger partial charge < -0.3 is 10.1 Å². The number of hydrogen-bond acceptors (Lipinski definition) is 4. The third-order valence-corrected chi connectivity index (χ3v) is 5.79. The van der Waals surface area contributed by atoms with Crippen molar-refractivity contribution >= 4 is 29.2 Å². The van der Waals surface area contributed by atoms with Crippen molar-refractivity contribution in [2.75, 3.05) is 5.32 Å². The molecule has 0 radical (unpaired) electrons. The molecule has 0 fully saturated rings. The standard InChI is InChI=1S/C29H28ClN3O3/c1-18(2)16-26-27(29(36-20(4)34)33(32-26)25-7-5-6-19(3)17-25)21-10-14-24(15-11-21)31-28(35)22-8-12-23(30)13-9-22/h5-15,17-18H,16H2,1-4H3,(H,31,35). The number of nitrogens with one attached hydrogen (secondary N) is 1. The molecule has 0 aliphatic heterocycles. The number of ether oxygens (including phenoxy) is 1. The van der Waals surface area contributed by atoms with Gasteiger partial charge in [0, 0.05) is 23.2 Å². The van der Waals surface area contributed by atoms with Crippen LogP contribution >= 0.6 is 11.6 Å². The lowest BCUT2D eigenvalue weighted by atomic mass is 9.99. The molecule has 0 unspecified atom stereocenters. The first-order chi connectivity index (χ1) is 17.2. The Kier molecular flexibility index (Phi) is 7.55. The molecular weight excluding hydrogens is 474 g/mol. The summed E-state index contributed by atoms with van der Waals surface area (Å²) in [6.07, 6.45) is 0.706. The van der Waals surface area contributed by atoms with Crippen LogP contribution in [0, 0.1) is 12.8 Å². The number of amides is 1. The summed E-state index contributed by atoms with van der Waals surface area (Å²) in [5.74, 6) is 0.0650. The molecule has 184 valence electrons. The average molecular weight is 502 g/mol. The summed E-state index contributed by atoms with van der Waals surface area (Å²) in [5, 5.41) is 8.34. The Hall–Kier alpha value is -3.90. The van der Waals surface area contributed by atoms with Crippen molar-refractivity contribution in [1.29, 1.82) is 0 Å². The molecule has 36 heavy (non-hydrogen) atoms. The lowest BCUT2D eigenvalue weighted by Crippen LogP contribution is -2.11. The van der Waals surface area contributed by atoms with Crippen molar-refractivity contribution in [3.05, 3.63) is 94.6 Å². The van der Waals surface area contributed by atoms with E-state index in [-0.39, 0.29) is 5.91 Å². The molecule has 1 aromatic heterocycles. The summed E-state index contributed by atoms with van der Waals surface area (Å²) in [6.45, 7) is 7.63. The summed E-state index contributed by atoms with van der Waals surface area (Å²) in [7, 11) is 0. The van der Waals surface area contributed by atoms with Crippen molar-refractivity contribution in [3.63, 3.8) is 0 Å². The molecule has 1 amide bonds. The van der Waals surface area contributed by atoms with E-state index in [1.807, 2.05) is 55.5 Å². The number of anilines is 1. The van der Waals surface area contributed by atoms with Crippen LogP contribution in [0.5, 0.6) is 5.88 Å². The minimum Gasteiger partial charge on any atom is -0.407 e. The number of carbonyl (C=O) groups is 2. The predicted octanol–water partition coefficient (Wildman–Crippen LogP) is 6.88. The Bertz CT molecular complexity index is 1390. The van der Waals surface area contributed by atoms with Gasteiger partial charge in [0.15, 0.2) is 0 Å². The molecule has 7 heteroatoms. The van der Waals surface area contributed by atoms with Gasteiger partial charge in [-0.1, -0.05) is 49.7 Å². The first-order valence-corrected chi connectivity index (χ1v) is 12.1. The number of aromatic nitrogens is 2. The zero-order valence-corrected chi connectivity index (χ0v) is 21.5. The van der Waals surface area contributed by atoms with Crippen molar-refractivity contribution in [1.82, 2.24) is 9.78 Å². The maximum Gasteiger partial charge on any atom is 0.309 e. The van der Waals surface area contributed by atoms with Gasteiger partial charge in [0.1, 0.15) is 0 Å². The first-order valence-electron chi connectivity index (χ1n) is 11.8. The quantitative estimate of drug-likeness (QED) is 0.280. The second-order valence-corrected chi connectivity index (χ2v) is 9.54. The number of aryl methyl sites for hydroxylation is 1. The van der Waals surface area contributed by atoms with E-state index in [0.717, 1.165) is 28.1 Å². The van der Waals surface area contributed by atoms with Gasteiger partial charge in [-0.25, -0.2) is 0 Å². The molecule has 6 nitrogen and oxygen atoms in total. The van der Waals surface area contributed by atoms with E-state index in [2.05, 4.69) is 19.2 Å². The van der Waals surface area contributed by atoms with Crippen molar-refractivity contribution < 1.29 is 14.3 Å². The topological polar surface area (TPSA) is 73.2 Å². The number of halogens is 1. The zero-order valence-electron chi connectivity index (χ0n) is 20.7. The molecule has 4 aromatic rings. The number of rotatable bonds is 7. The maximum absolute atomic E-state index is 12.6. The molecule has 4 rings (SSSR count). The van der Waals surface area contributed by atoms with Crippen LogP contribution in [0.3, 0.4) is 0 Å². The van der Waals surface area contributed by atoms with Crippen LogP contribution in [0.25, 0.3) is 16.8 Å². The number of carbonyl (C=O) groups excluding carboxylic acids is 2. The van der Waals surface area contributed by atoms with Crippen LogP contribution in [0.15, 0.2) is 72.8 Å². The summed E-state index contributed by atoms with van der Waals surface area (Å²) in [6, 6.07) is 22.0. The highest BCUT2D eigenvalue weighted by Crippen LogP contribution is 2.37. The van der Waals surface area contributed by atoms with Gasteiger partial charge in [-0.15, -0.1) is 0 Å². The Balaban J connectivity index is 1.73. The summed E-state index contributed by atoms with van der Waals surface area (Å²) in [4.78, 5) is 24.7. The Morgan fingerprint density at radius 2 is 1.72 bits per heavy atom. The van der Waals surface area contributed by atoms with Crippen molar-refractivity contribution in [2.24, 2.45) is 5.92 Å². The molecule has 0 spiro atoms. The van der Waals surface area contributed by atoms with Crippen molar-refractivity contribution in [3.8, 4) is 22.7 Å². The summed E-state index contributed by atoms with van der Waals surface area (Å²) < 4.78 is 7.42. The third kappa shape index (κ3) is 5.83. The Morgan fingerprint density at radius 3 is 2.33 bits per heavy atom. The van der Waals surface area contributed by atoms with Crippen LogP contribution in [0.2, 0.25) is 5.02 Å². The fraction of sp³-hybridized carbons (Fsp3) is 0.207. The second kappa shape index (κ2) is 10.8. The normalized spacial score (nSPS) is 10.9. The van der Waals surface area contributed by atoms with Gasteiger partial charge in [-0.05, 0) is 78.9 Å². The van der Waals surface area contributed by atoms with E-state index >= 15 is 0 Å². The molecule has 0 saturated carbocycles. The smallest absolute Gasteiger partial charge is 0.309 e. The fourth-order valence-corrected chi connectivity index (χ4v) is 4.08. The van der Waals surface area contributed by atoms with Gasteiger partial charge in [-0.2, -0.15) is 9.78 Å². The van der Waals surface area contributed by atoms with E-state index in [1.165, 1.54) is 6.92 Å². The van der Waals surface area contributed by atoms with E-state index in [1.54, 1.807) is 28.9 Å². The van der Waals surface area contributed by atoms with Crippen LogP contribution < -0.4 is 10.1 Å². The Morgan fingerprint density at radius 1 is 1.03 bits per heavy atom. The van der Waals surface area contributed by atoms with Gasteiger partial charge in [0.2, 0.25) is 5.88 Å². The molecule has 0 bridgehead atoms. The molecule has 0 atom stereocenters. The maximum atomic E-state index is 12.6. The summed E-state index contributed by atoms with van der Waals surface area (Å²) in [5.41, 5.74) is 5.48. The van der Waals surface area contributed by atoms with Gasteiger partial charge in [-0.3, -0.25) is 9.59 Å². The van der Waals surface area contributed by atoms with Crippen LogP contribution in [0.1, 0.15) is 42.4 Å². The highest BCUT2D eigenvalue weighted by Gasteiger charge is 2.24. The van der Waals surface area contributed by atoms with Gasteiger partial charge in [0.25, 0.3) is 5.91 Å². The number of hydrogen-bond donors (Lipinski definition) is 1. The number of benzene rings is 3. The monoisotopic (exact) mass is 501 g/mol. The largest absolute Gasteiger partial charge is 0.407 e. The number of nitrogens with zero attached hydrogens (tertiary/aromatic N) is 2. The van der Waals surface area contributed by atoms with Crippen LogP contribution in [-0.2, 0) is 11.2 Å². The minimum absolute atomic E-state index is 0.229. The highest BCUT2D eigenvalue weighted by molar-refractivity contribution is 6.30. The molecule has 0 saturated heterocycles. The predicted molar refractivity (Wildman–Crippen MR) is 143 cm³/mol. The lowest BCUT2D eigenvalue weighted by Gasteiger charge is -2.11. The zero-order chi connectivity index (χ0) is 25.8. The van der Waals surface area contributed by atoms with E-state index < -0.39 is 5.97 Å². The van der Waals surface area contributed by atoms with Crippen molar-refractivity contribution in [2.45, 2.75) is 34.1 Å². The fourth-order valence-electron chi connectivity index (χ4n) is 3.95. The second-order valence-electron chi connectivity index (χ2n) is 9.11. The van der Waals surface area contributed by atoms with E-state index in [0.29, 0.717) is 34.5 Å². The van der Waals surface area contributed by atoms with Crippen LogP contribution in [0.4, 0.5) is 5.69 Å². The third-order valence-electron chi connectivity index (χ3n) is 5.54. The van der Waals surface area contributed by atoms with Gasteiger partial charge >= 0.3 is 5.97 Å². The molecule has 0 aliphatic rings. The highest BCUT2D eigenvalue weighted by atomic mass is 35.5. The summed E-state index contributed by atoms with van der Waals surface area (Å²) >= 11 is 5.92. The lowest BCUT2D eigenvalue weighted by molar-refractivity contribution is -0.132. The molecule has 1 N–H and O–H groups in total. The molecule has 3 aromatic carbocycles. The van der Waals surface area contributed by atoms with E-state index in [4.69, 9.17) is 21.4 Å². The average Bonchev–Trinajstić information content (AvgIpc) is 3.16. The molecule has 0 aliphatic carbocycles. The number of esters is 1. The Labute approximate surface area is 215 Å². The van der Waals surface area contributed by atoms with Gasteiger partial charge in [0.05, 0.1) is 16.9 Å².